The van der Waals surface area contributed by atoms with E-state index >= 15 is 0 Å². The number of benzene rings is 1. The van der Waals surface area contributed by atoms with E-state index in [9.17, 15) is 17.5 Å². The van der Waals surface area contributed by atoms with Crippen molar-refractivity contribution in [2.75, 3.05) is 19.1 Å². The molecule has 2 aromatic heterocycles. The molecule has 4 rings (SSSR count). The highest BCUT2D eigenvalue weighted by Gasteiger charge is 2.33. The minimum Gasteiger partial charge on any atom is -0.493 e. The first-order valence-corrected chi connectivity index (χ1v) is 8.84. The molecule has 1 aliphatic rings. The molecule has 28 heavy (non-hydrogen) atoms. The number of ether oxygens (including phenoxy) is 2. The van der Waals surface area contributed by atoms with Gasteiger partial charge in [0, 0.05) is 23.8 Å². The van der Waals surface area contributed by atoms with Crippen LogP contribution in [-0.2, 0) is 17.8 Å². The topological polar surface area (TPSA) is 56.6 Å². The Kier molecular flexibility index (Phi) is 4.58. The number of amides is 1. The van der Waals surface area contributed by atoms with E-state index in [-0.39, 0.29) is 36.8 Å². The Labute approximate surface area is 162 Å². The van der Waals surface area contributed by atoms with Gasteiger partial charge in [-0.3, -0.25) is 4.79 Å². The number of aromatic nitrogens is 2. The van der Waals surface area contributed by atoms with E-state index in [0.717, 1.165) is 11.0 Å². The Morgan fingerprint density at radius 2 is 1.86 bits per heavy atom. The van der Waals surface area contributed by atoms with Crippen LogP contribution in [0.2, 0.25) is 0 Å². The van der Waals surface area contributed by atoms with Crippen LogP contribution in [0.25, 0.3) is 11.0 Å². The van der Waals surface area contributed by atoms with Gasteiger partial charge in [0.25, 0.3) is 0 Å². The van der Waals surface area contributed by atoms with Crippen LogP contribution in [0.4, 0.5) is 18.4 Å². The lowest BCUT2D eigenvalue weighted by molar-refractivity contribution is -0.118. The van der Waals surface area contributed by atoms with Gasteiger partial charge in [0.15, 0.2) is 41.1 Å². The summed E-state index contributed by atoms with van der Waals surface area (Å²) in [4.78, 5) is 18.0. The molecule has 3 heterocycles. The predicted molar refractivity (Wildman–Crippen MR) is 98.2 cm³/mol. The summed E-state index contributed by atoms with van der Waals surface area (Å²) in [7, 11) is 2.47. The summed E-state index contributed by atoms with van der Waals surface area (Å²) in [5, 5.41) is 0.625. The van der Waals surface area contributed by atoms with E-state index in [4.69, 9.17) is 9.47 Å². The highest BCUT2D eigenvalue weighted by molar-refractivity contribution is 7.92. The van der Waals surface area contributed by atoms with E-state index in [1.165, 1.54) is 30.6 Å². The number of fused-ring (bicyclic) bond motifs is 3. The van der Waals surface area contributed by atoms with Gasteiger partial charge in [0.2, 0.25) is 5.91 Å². The van der Waals surface area contributed by atoms with Crippen LogP contribution < -0.4 is 14.4 Å². The lowest BCUT2D eigenvalue weighted by atomic mass is 9.97. The number of carbonyl (C=O) groups is 1. The monoisotopic (exact) mass is 409 g/mol. The fraction of sp³-hybridized carbons (Fsp3) is 0.222. The Balaban J connectivity index is 1.84. The van der Waals surface area contributed by atoms with Gasteiger partial charge in [-0.25, -0.2) is 17.7 Å². The number of carbonyl (C=O) groups excluding carboxylic acids is 1. The first-order chi connectivity index (χ1) is 13.5. The standard InChI is InChI=1S/C18H14F3N3O3S/c1-26-12-6-13(27-2)16(20)17(15(12)19)23-8-9-7-22-18-10(3-4-24(18)28-21)11(9)5-14(23)25/h3-4,6-7H,5,8H2,1-2H3. The van der Waals surface area contributed by atoms with E-state index in [0.29, 0.717) is 22.2 Å². The molecule has 0 aliphatic carbocycles. The third kappa shape index (κ3) is 2.67. The van der Waals surface area contributed by atoms with Crippen molar-refractivity contribution in [2.45, 2.75) is 13.0 Å². The van der Waals surface area contributed by atoms with Gasteiger partial charge >= 0.3 is 0 Å². The van der Waals surface area contributed by atoms with Crippen molar-refractivity contribution in [1.82, 2.24) is 8.96 Å². The lowest BCUT2D eigenvalue weighted by Gasteiger charge is -2.30. The molecule has 0 atom stereocenters. The summed E-state index contributed by atoms with van der Waals surface area (Å²) in [5.41, 5.74) is 1.13. The lowest BCUT2D eigenvalue weighted by Crippen LogP contribution is -2.37. The van der Waals surface area contributed by atoms with E-state index in [1.54, 1.807) is 6.07 Å². The second-order valence-electron chi connectivity index (χ2n) is 6.12. The zero-order valence-corrected chi connectivity index (χ0v) is 15.6. The molecule has 0 radical (unpaired) electrons. The molecule has 0 spiro atoms. The van der Waals surface area contributed by atoms with Crippen LogP contribution in [0, 0.1) is 11.6 Å². The van der Waals surface area contributed by atoms with Crippen LogP contribution in [0.1, 0.15) is 11.1 Å². The molecule has 0 unspecified atom stereocenters. The van der Waals surface area contributed by atoms with Gasteiger partial charge in [0.05, 0.1) is 27.2 Å². The van der Waals surface area contributed by atoms with Gasteiger partial charge in [0.1, 0.15) is 5.69 Å². The number of nitrogens with zero attached hydrogens (tertiary/aromatic N) is 3. The molecule has 1 aliphatic heterocycles. The number of hydrogen-bond acceptors (Lipinski definition) is 5. The normalized spacial score (nSPS) is 13.8. The van der Waals surface area contributed by atoms with Gasteiger partial charge < -0.3 is 14.4 Å². The first-order valence-electron chi connectivity index (χ1n) is 8.17. The second-order valence-corrected chi connectivity index (χ2v) is 6.66. The summed E-state index contributed by atoms with van der Waals surface area (Å²) in [6, 6.07) is 2.74. The van der Waals surface area contributed by atoms with Crippen molar-refractivity contribution >= 4 is 35.0 Å². The van der Waals surface area contributed by atoms with Crippen LogP contribution in [0.3, 0.4) is 0 Å². The summed E-state index contributed by atoms with van der Waals surface area (Å²) in [6.07, 6.45) is 2.89. The molecule has 3 aromatic rings. The maximum absolute atomic E-state index is 14.8. The smallest absolute Gasteiger partial charge is 0.231 e. The Hall–Kier alpha value is -2.88. The van der Waals surface area contributed by atoms with E-state index in [1.807, 2.05) is 0 Å². The Morgan fingerprint density at radius 3 is 2.46 bits per heavy atom. The SMILES string of the molecule is COc1cc(OC)c(F)c(N2Cc3cnc4c(ccn4SF)c3CC2=O)c1F. The summed E-state index contributed by atoms with van der Waals surface area (Å²) in [6.45, 7) is -0.0881. The fourth-order valence-corrected chi connectivity index (χ4v) is 3.69. The van der Waals surface area contributed by atoms with Crippen LogP contribution in [0.5, 0.6) is 11.5 Å². The average Bonchev–Trinajstić information content (AvgIpc) is 3.12. The number of anilines is 1. The van der Waals surface area contributed by atoms with Crippen molar-refractivity contribution in [3.63, 3.8) is 0 Å². The van der Waals surface area contributed by atoms with E-state index < -0.39 is 23.2 Å². The van der Waals surface area contributed by atoms with Gasteiger partial charge in [-0.2, -0.15) is 0 Å². The van der Waals surface area contributed by atoms with Crippen molar-refractivity contribution in [1.29, 1.82) is 0 Å². The molecule has 0 fully saturated rings. The molecule has 6 nitrogen and oxygen atoms in total. The van der Waals surface area contributed by atoms with Crippen molar-refractivity contribution < 1.29 is 26.9 Å². The molecule has 146 valence electrons. The molecule has 0 N–H and O–H groups in total. The zero-order valence-electron chi connectivity index (χ0n) is 14.8. The number of hydrogen-bond donors (Lipinski definition) is 0. The number of methoxy groups -OCH3 is 2. The third-order valence-corrected chi connectivity index (χ3v) is 5.18. The number of halogens is 3. The van der Waals surface area contributed by atoms with Crippen molar-refractivity contribution in [3.8, 4) is 11.5 Å². The highest BCUT2D eigenvalue weighted by Crippen LogP contribution is 2.40. The van der Waals surface area contributed by atoms with Crippen LogP contribution in [0.15, 0.2) is 24.5 Å². The molecule has 1 amide bonds. The molecule has 10 heteroatoms. The summed E-state index contributed by atoms with van der Waals surface area (Å²) in [5.74, 6) is -2.97. The molecule has 0 saturated heterocycles. The Morgan fingerprint density at radius 1 is 1.18 bits per heavy atom. The van der Waals surface area contributed by atoms with Gasteiger partial charge in [-0.1, -0.05) is 0 Å². The fourth-order valence-electron chi connectivity index (χ4n) is 3.38. The molecular weight excluding hydrogens is 395 g/mol. The van der Waals surface area contributed by atoms with Crippen LogP contribution >= 0.6 is 12.3 Å². The van der Waals surface area contributed by atoms with Crippen molar-refractivity contribution in [3.05, 3.63) is 47.3 Å². The number of rotatable bonds is 4. The largest absolute Gasteiger partial charge is 0.493 e. The average molecular weight is 409 g/mol. The second kappa shape index (κ2) is 6.93. The summed E-state index contributed by atoms with van der Waals surface area (Å²) >= 11 is -0.00222. The first kappa shape index (κ1) is 18.5. The maximum atomic E-state index is 14.8. The molecular formula is C18H14F3N3O3S. The third-order valence-electron chi connectivity index (χ3n) is 4.73. The molecule has 0 bridgehead atoms. The zero-order chi connectivity index (χ0) is 20.0. The number of pyridine rings is 1. The maximum Gasteiger partial charge on any atom is 0.231 e. The van der Waals surface area contributed by atoms with Gasteiger partial charge in [-0.05, 0) is 17.2 Å². The predicted octanol–water partition coefficient (Wildman–Crippen LogP) is 3.80. The van der Waals surface area contributed by atoms with Gasteiger partial charge in [-0.15, -0.1) is 3.89 Å². The molecule has 0 saturated carbocycles. The summed E-state index contributed by atoms with van der Waals surface area (Å²) < 4.78 is 53.7. The molecule has 1 aromatic carbocycles. The quantitative estimate of drug-likeness (QED) is 0.656. The van der Waals surface area contributed by atoms with Crippen LogP contribution in [-0.4, -0.2) is 29.1 Å². The van der Waals surface area contributed by atoms with E-state index in [2.05, 4.69) is 4.98 Å². The Bertz CT molecular complexity index is 1070. The van der Waals surface area contributed by atoms with Crippen molar-refractivity contribution in [2.24, 2.45) is 0 Å². The minimum absolute atomic E-state index is 0.00222. The minimum atomic E-state index is -0.994. The highest BCUT2D eigenvalue weighted by atomic mass is 32.2.